The normalized spacial score (nSPS) is 10.4. The molecule has 0 fully saturated rings. The van der Waals surface area contributed by atoms with E-state index < -0.39 is 189 Å². The van der Waals surface area contributed by atoms with E-state index in [1.54, 1.807) is 0 Å². The number of hydrogen-bond donors (Lipinski definition) is 25. The molecule has 0 aliphatic carbocycles. The van der Waals surface area contributed by atoms with Crippen LogP contribution >= 0.6 is 0 Å². The van der Waals surface area contributed by atoms with Gasteiger partial charge < -0.3 is 128 Å². The Balaban J connectivity index is 0.000000198. The zero-order valence-electron chi connectivity index (χ0n) is 40.0. The number of aromatic hydroxyl groups is 25. The summed E-state index contributed by atoms with van der Waals surface area (Å²) in [5.41, 5.74) is -4.08. The van der Waals surface area contributed by atoms with Crippen LogP contribution in [-0.4, -0.2) is 151 Å². The van der Waals surface area contributed by atoms with Gasteiger partial charge in [-0.1, -0.05) is 0 Å². The number of phenolic OH excluding ortho intramolecular Hbond substituents is 25. The maximum absolute atomic E-state index is 12.2. The molecule has 25 N–H and O–H groups in total. The minimum Gasteiger partial charge on any atom is -0.507 e. The van der Waals surface area contributed by atoms with Gasteiger partial charge in [-0.15, -0.1) is 0 Å². The first-order valence-electron chi connectivity index (χ1n) is 21.6. The van der Waals surface area contributed by atoms with E-state index in [1.807, 2.05) is 0 Å². The molecule has 0 bridgehead atoms. The second-order valence-corrected chi connectivity index (χ2v) is 16.1. The number of ketones is 4. The van der Waals surface area contributed by atoms with Crippen LogP contribution in [0, 0.1) is 0 Å². The topological polar surface area (TPSA) is 574 Å². The lowest BCUT2D eigenvalue weighted by Crippen LogP contribution is -2.03. The molecule has 8 aromatic carbocycles. The van der Waals surface area contributed by atoms with Gasteiger partial charge in [0.2, 0.25) is 63.4 Å². The number of carbonyl (C=O) groups excluding carboxylic acids is 4. The highest BCUT2D eigenvalue weighted by Gasteiger charge is 2.29. The maximum atomic E-state index is 12.2. The van der Waals surface area contributed by atoms with Crippen LogP contribution in [0.2, 0.25) is 0 Å². The number of benzene rings is 8. The van der Waals surface area contributed by atoms with Crippen LogP contribution in [0.4, 0.5) is 0 Å². The molecular weight excluding hydrogens is 1090 g/mol. The molecule has 29 heteroatoms. The summed E-state index contributed by atoms with van der Waals surface area (Å²) in [7, 11) is 0. The number of carbonyl (C=O) groups is 4. The first-order chi connectivity index (χ1) is 37.8. The monoisotopic (exact) mass is 1130 g/mol. The molecule has 0 aliphatic rings. The second-order valence-electron chi connectivity index (χ2n) is 16.1. The van der Waals surface area contributed by atoms with Gasteiger partial charge in [0, 0.05) is 0 Å². The molecule has 0 unspecified atom stereocenters. The Labute approximate surface area is 448 Å². The van der Waals surface area contributed by atoms with E-state index >= 15 is 0 Å². The van der Waals surface area contributed by atoms with Crippen molar-refractivity contribution in [2.24, 2.45) is 0 Å². The van der Waals surface area contributed by atoms with Crippen LogP contribution in [0.5, 0.6) is 144 Å². The van der Waals surface area contributed by atoms with Crippen molar-refractivity contribution in [1.82, 2.24) is 0 Å². The van der Waals surface area contributed by atoms with Crippen LogP contribution in [0.3, 0.4) is 0 Å². The molecule has 8 rings (SSSR count). The Morgan fingerprint density at radius 1 is 0.173 bits per heavy atom. The SMILES string of the molecule is O=C(c1cc(O)c(O)c(O)c1O)c1c(O)ccc(O)c1O.O=C(c1ccc(O)c(O)c1O)c1c(O)ccc(O)c1O.O=C(c1ccc(O)c(O)c1O)c1ccc(O)c(O)c1O.O=C(c1ccc(O)c(O)c1O)c1ccc(O)c(O)c1O. The van der Waals surface area contributed by atoms with Crippen LogP contribution in [0.25, 0.3) is 0 Å². The summed E-state index contributed by atoms with van der Waals surface area (Å²) in [5.74, 6) is -24.5. The van der Waals surface area contributed by atoms with Crippen molar-refractivity contribution in [3.63, 3.8) is 0 Å². The van der Waals surface area contributed by atoms with Gasteiger partial charge in [-0.25, -0.2) is 0 Å². The first kappa shape index (κ1) is 59.3. The molecule has 0 aliphatic heterocycles. The molecule has 0 saturated carbocycles. The van der Waals surface area contributed by atoms with Gasteiger partial charge in [-0.05, 0) is 91.0 Å². The highest BCUT2D eigenvalue weighted by molar-refractivity contribution is 6.16. The molecule has 0 saturated heterocycles. The summed E-state index contributed by atoms with van der Waals surface area (Å²) in [4.78, 5) is 48.5. The Morgan fingerprint density at radius 2 is 0.358 bits per heavy atom. The molecule has 81 heavy (non-hydrogen) atoms. The Kier molecular flexibility index (Phi) is 16.9. The molecule has 0 amide bonds. The lowest BCUT2D eigenvalue weighted by Gasteiger charge is -2.11. The zero-order valence-corrected chi connectivity index (χ0v) is 40.0. The van der Waals surface area contributed by atoms with E-state index in [0.29, 0.717) is 6.07 Å². The van der Waals surface area contributed by atoms with Crippen molar-refractivity contribution >= 4 is 23.1 Å². The largest absolute Gasteiger partial charge is 0.507 e. The third-order valence-corrected chi connectivity index (χ3v) is 11.1. The summed E-state index contributed by atoms with van der Waals surface area (Å²) in [5, 5.41) is 235. The van der Waals surface area contributed by atoms with Gasteiger partial charge in [0.1, 0.15) is 22.6 Å². The van der Waals surface area contributed by atoms with E-state index in [2.05, 4.69) is 0 Å². The fraction of sp³-hybridized carbons (Fsp3) is 0. The summed E-state index contributed by atoms with van der Waals surface area (Å²) in [6.45, 7) is 0. The van der Waals surface area contributed by atoms with Crippen molar-refractivity contribution in [1.29, 1.82) is 0 Å². The van der Waals surface area contributed by atoms with E-state index in [9.17, 15) is 126 Å². The molecule has 422 valence electrons. The number of rotatable bonds is 8. The minimum absolute atomic E-state index is 0.388. The van der Waals surface area contributed by atoms with Crippen LogP contribution in [0.15, 0.2) is 91.0 Å². The lowest BCUT2D eigenvalue weighted by atomic mass is 9.99. The standard InChI is InChI=1S/C13H10O8.3C13H10O7/c14-5-1-2-6(15)11(19)8(5)9(17)4-3-7(16)12(20)13(21)10(4)18;2*14-7-3-1-5(10(17)12(7)19)9(16)6-2-4-8(15)13(20)11(6)18;14-6-3-4-7(15)12(19)9(6)10(17)5-1-2-8(16)13(20)11(5)18/h1-3,14-16,18-21H;2*1-4,14-15,17-20H;1-4,14-16,18-20H. The Hall–Kier alpha value is -12.6. The van der Waals surface area contributed by atoms with Gasteiger partial charge in [0.15, 0.2) is 92.0 Å². The van der Waals surface area contributed by atoms with Crippen molar-refractivity contribution in [3.05, 3.63) is 136 Å². The molecule has 0 atom stereocenters. The third kappa shape index (κ3) is 11.5. The smallest absolute Gasteiger partial charge is 0.205 e. The van der Waals surface area contributed by atoms with Crippen molar-refractivity contribution < 1.29 is 147 Å². The van der Waals surface area contributed by atoms with Gasteiger partial charge >= 0.3 is 0 Å². The molecule has 8 aromatic rings. The highest BCUT2D eigenvalue weighted by Crippen LogP contribution is 2.48. The summed E-state index contributed by atoms with van der Waals surface area (Å²) >= 11 is 0. The highest BCUT2D eigenvalue weighted by atomic mass is 16.4. The van der Waals surface area contributed by atoms with Crippen molar-refractivity contribution in [3.8, 4) is 144 Å². The van der Waals surface area contributed by atoms with Crippen LogP contribution in [-0.2, 0) is 0 Å². The molecule has 0 aromatic heterocycles. The zero-order chi connectivity index (χ0) is 61.0. The van der Waals surface area contributed by atoms with E-state index in [0.717, 1.165) is 84.9 Å². The van der Waals surface area contributed by atoms with Gasteiger partial charge in [-0.2, -0.15) is 0 Å². The molecule has 0 heterocycles. The summed E-state index contributed by atoms with van der Waals surface area (Å²) in [6.07, 6.45) is 0. The first-order valence-corrected chi connectivity index (χ1v) is 21.6. The predicted octanol–water partition coefficient (Wildman–Crippen LogP) is 4.31. The Morgan fingerprint density at radius 3 is 0.630 bits per heavy atom. The Bertz CT molecular complexity index is 3620. The molecule has 0 radical (unpaired) electrons. The van der Waals surface area contributed by atoms with Crippen LogP contribution in [0.1, 0.15) is 63.7 Å². The molecule has 29 nitrogen and oxygen atoms in total. The van der Waals surface area contributed by atoms with E-state index in [-0.39, 0.29) is 22.3 Å². The summed E-state index contributed by atoms with van der Waals surface area (Å²) in [6, 6.07) is 14.5. The quantitative estimate of drug-likeness (QED) is 0.0572. The fourth-order valence-electron chi connectivity index (χ4n) is 6.71. The van der Waals surface area contributed by atoms with E-state index in [4.69, 9.17) is 20.4 Å². The van der Waals surface area contributed by atoms with Crippen LogP contribution < -0.4 is 0 Å². The molecule has 0 spiro atoms. The van der Waals surface area contributed by atoms with Gasteiger partial charge in [0.05, 0.1) is 33.4 Å². The van der Waals surface area contributed by atoms with Crippen molar-refractivity contribution in [2.45, 2.75) is 0 Å². The predicted molar refractivity (Wildman–Crippen MR) is 267 cm³/mol. The van der Waals surface area contributed by atoms with Crippen molar-refractivity contribution in [2.75, 3.05) is 0 Å². The summed E-state index contributed by atoms with van der Waals surface area (Å²) < 4.78 is 0. The lowest BCUT2D eigenvalue weighted by molar-refractivity contribution is 0.102. The van der Waals surface area contributed by atoms with E-state index in [1.165, 1.54) is 0 Å². The maximum Gasteiger partial charge on any atom is 0.205 e. The molecular formula is C52H40O29. The van der Waals surface area contributed by atoms with Gasteiger partial charge in [0.25, 0.3) is 0 Å². The average Bonchev–Trinajstić information content (AvgIpc) is 3.43. The fourth-order valence-corrected chi connectivity index (χ4v) is 6.71. The number of phenols is 25. The minimum atomic E-state index is -1.19. The second kappa shape index (κ2) is 23.1. The average molecular weight is 1130 g/mol. The third-order valence-electron chi connectivity index (χ3n) is 11.1. The number of hydrogen-bond acceptors (Lipinski definition) is 29. The van der Waals surface area contributed by atoms with Gasteiger partial charge in [-0.3, -0.25) is 19.2 Å².